The molecule has 0 radical (unpaired) electrons. The van der Waals surface area contributed by atoms with Crippen LogP contribution in [0.4, 0.5) is 22.2 Å². The van der Waals surface area contributed by atoms with E-state index in [0.717, 1.165) is 75.2 Å². The first-order chi connectivity index (χ1) is 24.0. The van der Waals surface area contributed by atoms with Crippen LogP contribution in [0.2, 0.25) is 0 Å². The van der Waals surface area contributed by atoms with E-state index in [4.69, 9.17) is 9.72 Å². The van der Waals surface area contributed by atoms with Crippen LogP contribution in [0, 0.1) is 13.8 Å². The van der Waals surface area contributed by atoms with Gasteiger partial charge in [-0.05, 0) is 67.9 Å². The second-order valence-electron chi connectivity index (χ2n) is 11.1. The highest BCUT2D eigenvalue weighted by molar-refractivity contribution is 7.22. The monoisotopic (exact) mass is 684 g/mol. The van der Waals surface area contributed by atoms with E-state index in [-0.39, 0.29) is 0 Å². The van der Waals surface area contributed by atoms with E-state index < -0.39 is 0 Å². The van der Waals surface area contributed by atoms with Crippen molar-refractivity contribution in [3.05, 3.63) is 102 Å². The molecule has 0 saturated heterocycles. The van der Waals surface area contributed by atoms with Crippen LogP contribution < -0.4 is 15.4 Å². The highest BCUT2D eigenvalue weighted by Crippen LogP contribution is 2.34. The van der Waals surface area contributed by atoms with Crippen LogP contribution in [0.15, 0.2) is 85.5 Å². The third kappa shape index (κ3) is 6.31. The average molecular weight is 685 g/mol. The van der Waals surface area contributed by atoms with Gasteiger partial charge in [0, 0.05) is 34.6 Å². The Morgan fingerprint density at radius 2 is 1.35 bits per heavy atom. The number of methoxy groups -OCH3 is 1. The first kappa shape index (κ1) is 30.3. The van der Waals surface area contributed by atoms with Crippen molar-refractivity contribution in [1.82, 2.24) is 49.9 Å². The molecule has 3 aromatic carbocycles. The number of nitrogens with zero attached hydrogens (tertiary/aromatic N) is 9. The number of rotatable bonds is 7. The largest absolute Gasteiger partial charge is 0.497 e. The van der Waals surface area contributed by atoms with Crippen LogP contribution in [0.3, 0.4) is 0 Å². The number of aromatic amines is 1. The Morgan fingerprint density at radius 3 is 1.98 bits per heavy atom. The number of hydrogen-bond donors (Lipinski definition) is 3. The number of aryl methyl sites for hydroxylation is 2. The Labute approximate surface area is 287 Å². The summed E-state index contributed by atoms with van der Waals surface area (Å²) in [5.41, 5.74) is 6.90. The van der Waals surface area contributed by atoms with Crippen LogP contribution in [0.5, 0.6) is 5.75 Å². The lowest BCUT2D eigenvalue weighted by Crippen LogP contribution is -2.01. The lowest BCUT2D eigenvalue weighted by molar-refractivity contribution is 0.414. The van der Waals surface area contributed by atoms with E-state index in [1.807, 2.05) is 61.1 Å². The van der Waals surface area contributed by atoms with E-state index in [1.165, 1.54) is 0 Å². The summed E-state index contributed by atoms with van der Waals surface area (Å²) in [6, 6.07) is 20.0. The second kappa shape index (κ2) is 12.9. The number of nitrogens with one attached hydrogen (secondary N) is 3. The molecule has 15 heteroatoms. The predicted molar refractivity (Wildman–Crippen MR) is 194 cm³/mol. The molecular weight excluding hydrogens is 657 g/mol. The fourth-order valence-corrected chi connectivity index (χ4v) is 7.05. The SMILES string of the molecule is COc1ccc(Cn2ncc3c4nc(Nc5nccc(C)n5)sc4ccc32)cc1.Cc1ccnc(Nc2nc3c(ccc4[nH]ncc43)s2)n1. The maximum Gasteiger partial charge on any atom is 0.229 e. The van der Waals surface area contributed by atoms with E-state index in [0.29, 0.717) is 18.4 Å². The molecular formula is C34H28N12OS2. The van der Waals surface area contributed by atoms with Gasteiger partial charge in [-0.25, -0.2) is 29.9 Å². The van der Waals surface area contributed by atoms with Gasteiger partial charge in [0.1, 0.15) is 5.75 Å². The Balaban J connectivity index is 0.000000152. The van der Waals surface area contributed by atoms with Gasteiger partial charge in [-0.3, -0.25) is 9.78 Å². The zero-order valence-corrected chi connectivity index (χ0v) is 28.2. The molecule has 3 N–H and O–H groups in total. The fourth-order valence-electron chi connectivity index (χ4n) is 5.30. The summed E-state index contributed by atoms with van der Waals surface area (Å²) in [5.74, 6) is 1.96. The maximum absolute atomic E-state index is 5.23. The Hall–Kier alpha value is -6.06. The van der Waals surface area contributed by atoms with E-state index >= 15 is 0 Å². The molecule has 6 heterocycles. The summed E-state index contributed by atoms with van der Waals surface area (Å²) in [5, 5.41) is 21.5. The van der Waals surface area contributed by atoms with Gasteiger partial charge in [0.25, 0.3) is 0 Å². The number of fused-ring (bicyclic) bond motifs is 6. The molecule has 242 valence electrons. The molecule has 49 heavy (non-hydrogen) atoms. The number of ether oxygens (including phenoxy) is 1. The average Bonchev–Trinajstić information content (AvgIpc) is 3.90. The Bertz CT molecular complexity index is 2570. The van der Waals surface area contributed by atoms with Gasteiger partial charge in [0.05, 0.1) is 57.5 Å². The van der Waals surface area contributed by atoms with Crippen molar-refractivity contribution in [3.63, 3.8) is 0 Å². The van der Waals surface area contributed by atoms with E-state index in [9.17, 15) is 0 Å². The lowest BCUT2D eigenvalue weighted by atomic mass is 10.2. The summed E-state index contributed by atoms with van der Waals surface area (Å²) in [4.78, 5) is 26.5. The molecule has 0 unspecified atom stereocenters. The van der Waals surface area contributed by atoms with Gasteiger partial charge in [-0.15, -0.1) is 0 Å². The molecule has 0 spiro atoms. The van der Waals surface area contributed by atoms with Crippen LogP contribution in [-0.4, -0.2) is 57.0 Å². The summed E-state index contributed by atoms with van der Waals surface area (Å²) in [7, 11) is 1.67. The van der Waals surface area contributed by atoms with Crippen molar-refractivity contribution in [2.24, 2.45) is 0 Å². The first-order valence-corrected chi connectivity index (χ1v) is 16.9. The number of anilines is 4. The molecule has 0 aliphatic rings. The molecule has 13 nitrogen and oxygen atoms in total. The third-order valence-electron chi connectivity index (χ3n) is 7.68. The van der Waals surface area contributed by atoms with Crippen LogP contribution in [0.25, 0.3) is 42.2 Å². The Morgan fingerprint density at radius 1 is 0.714 bits per heavy atom. The van der Waals surface area contributed by atoms with Crippen molar-refractivity contribution in [2.45, 2.75) is 20.4 Å². The minimum atomic E-state index is 0.551. The molecule has 9 aromatic rings. The smallest absolute Gasteiger partial charge is 0.229 e. The van der Waals surface area contributed by atoms with Crippen molar-refractivity contribution in [2.75, 3.05) is 17.7 Å². The zero-order valence-electron chi connectivity index (χ0n) is 26.5. The van der Waals surface area contributed by atoms with Crippen LogP contribution in [0.1, 0.15) is 17.0 Å². The van der Waals surface area contributed by atoms with Crippen molar-refractivity contribution in [1.29, 1.82) is 0 Å². The van der Waals surface area contributed by atoms with E-state index in [1.54, 1.807) is 48.4 Å². The standard InChI is InChI=1S/C21H18N6OS.C13H10N6S/c1-13-9-10-22-20(24-13)26-21-25-19-16-11-23-27(17(16)7-8-18(19)29-21)12-14-3-5-15(28-2)6-4-14;1-7-4-5-14-12(16-7)18-13-17-11-8-6-15-19-9(8)2-3-10(11)20-13/h3-11H,12H2,1-2H3,(H,22,24,25,26);2-6H,1H3,(H,15,19)(H,14,16,17,18). The van der Waals surface area contributed by atoms with Gasteiger partial charge in [-0.1, -0.05) is 34.8 Å². The molecule has 6 aromatic heterocycles. The number of aromatic nitrogens is 10. The van der Waals surface area contributed by atoms with E-state index in [2.05, 4.69) is 75.1 Å². The summed E-state index contributed by atoms with van der Waals surface area (Å²) >= 11 is 3.15. The van der Waals surface area contributed by atoms with Gasteiger partial charge >= 0.3 is 0 Å². The number of benzene rings is 3. The third-order valence-corrected chi connectivity index (χ3v) is 9.55. The number of hydrogen-bond acceptors (Lipinski definition) is 13. The molecule has 0 atom stereocenters. The van der Waals surface area contributed by atoms with Crippen molar-refractivity contribution in [3.8, 4) is 5.75 Å². The summed E-state index contributed by atoms with van der Waals surface area (Å²) < 4.78 is 9.42. The highest BCUT2D eigenvalue weighted by Gasteiger charge is 2.13. The first-order valence-electron chi connectivity index (χ1n) is 15.2. The minimum absolute atomic E-state index is 0.551. The molecule has 0 saturated carbocycles. The molecule has 0 aliphatic heterocycles. The van der Waals surface area contributed by atoms with Gasteiger partial charge in [0.15, 0.2) is 10.3 Å². The van der Waals surface area contributed by atoms with Crippen LogP contribution in [-0.2, 0) is 6.54 Å². The van der Waals surface area contributed by atoms with Gasteiger partial charge in [0.2, 0.25) is 11.9 Å². The lowest BCUT2D eigenvalue weighted by Gasteiger charge is -2.05. The number of H-pyrrole nitrogens is 1. The highest BCUT2D eigenvalue weighted by atomic mass is 32.1. The number of thiazole rings is 2. The van der Waals surface area contributed by atoms with Gasteiger partial charge < -0.3 is 15.4 Å². The second-order valence-corrected chi connectivity index (χ2v) is 13.1. The van der Waals surface area contributed by atoms with Crippen molar-refractivity contribution < 1.29 is 4.74 Å². The maximum atomic E-state index is 5.23. The quantitative estimate of drug-likeness (QED) is 0.152. The molecule has 9 rings (SSSR count). The Kier molecular flexibility index (Phi) is 7.95. The summed E-state index contributed by atoms with van der Waals surface area (Å²) in [6.07, 6.45) is 7.14. The fraction of sp³-hybridized carbons (Fsp3) is 0.118. The summed E-state index contributed by atoms with van der Waals surface area (Å²) in [6.45, 7) is 4.55. The normalized spacial score (nSPS) is 11.2. The predicted octanol–water partition coefficient (Wildman–Crippen LogP) is 7.56. The molecule has 0 aliphatic carbocycles. The minimum Gasteiger partial charge on any atom is -0.497 e. The molecule has 0 fully saturated rings. The topological polar surface area (TPSA) is 157 Å². The molecule has 0 bridgehead atoms. The zero-order chi connectivity index (χ0) is 33.3. The molecule has 0 amide bonds. The van der Waals surface area contributed by atoms with Crippen LogP contribution >= 0.6 is 22.7 Å². The van der Waals surface area contributed by atoms with Gasteiger partial charge in [-0.2, -0.15) is 10.2 Å². The van der Waals surface area contributed by atoms with Crippen molar-refractivity contribution >= 4 is 87.1 Å².